The molecule has 0 aromatic carbocycles. The first-order valence-corrected chi connectivity index (χ1v) is 8.02. The summed E-state index contributed by atoms with van der Waals surface area (Å²) in [6.07, 6.45) is 0.776. The van der Waals surface area contributed by atoms with Crippen LogP contribution in [0.4, 0.5) is 0 Å². The van der Waals surface area contributed by atoms with Crippen LogP contribution in [-0.2, 0) is 14.8 Å². The number of carbonyl (C=O) groups is 1. The van der Waals surface area contributed by atoms with Gasteiger partial charge < -0.3 is 5.11 Å². The Bertz CT molecular complexity index is 541. The minimum absolute atomic E-state index is 0.288. The van der Waals surface area contributed by atoms with E-state index in [1.54, 1.807) is 18.4 Å². The molecule has 0 spiro atoms. The summed E-state index contributed by atoms with van der Waals surface area (Å²) >= 11 is 1.21. The second kappa shape index (κ2) is 4.99. The third kappa shape index (κ3) is 2.43. The lowest BCUT2D eigenvalue weighted by Crippen LogP contribution is -2.40. The van der Waals surface area contributed by atoms with Gasteiger partial charge in [0.25, 0.3) is 10.0 Å². The maximum absolute atomic E-state index is 12.3. The Balaban J connectivity index is 2.15. The first-order chi connectivity index (χ1) is 8.43. The lowest BCUT2D eigenvalue weighted by molar-refractivity contribution is -0.142. The van der Waals surface area contributed by atoms with Crippen LogP contribution in [0.2, 0.25) is 0 Å². The number of aryl methyl sites for hydroxylation is 1. The van der Waals surface area contributed by atoms with Crippen LogP contribution in [0.15, 0.2) is 15.7 Å². The molecular formula is C11H15NO4S2. The van der Waals surface area contributed by atoms with Crippen LogP contribution in [0.3, 0.4) is 0 Å². The molecule has 0 unspecified atom stereocenters. The highest BCUT2D eigenvalue weighted by Gasteiger charge is 2.33. The second-order valence-corrected chi connectivity index (χ2v) is 7.46. The lowest BCUT2D eigenvalue weighted by Gasteiger charge is -2.29. The van der Waals surface area contributed by atoms with Crippen molar-refractivity contribution in [1.29, 1.82) is 0 Å². The predicted molar refractivity (Wildman–Crippen MR) is 68.2 cm³/mol. The molecule has 1 aromatic heterocycles. The van der Waals surface area contributed by atoms with Crippen LogP contribution in [0.25, 0.3) is 0 Å². The molecule has 0 amide bonds. The maximum atomic E-state index is 12.3. The van der Waals surface area contributed by atoms with E-state index in [1.165, 1.54) is 15.6 Å². The van der Waals surface area contributed by atoms with Crippen LogP contribution >= 0.6 is 11.3 Å². The number of hydrogen-bond donors (Lipinski definition) is 1. The number of carboxylic acid groups (broad SMARTS) is 1. The van der Waals surface area contributed by atoms with E-state index < -0.39 is 21.9 Å². The average Bonchev–Trinajstić information content (AvgIpc) is 2.76. The molecule has 0 atom stereocenters. The fourth-order valence-corrected chi connectivity index (χ4v) is 5.10. The van der Waals surface area contributed by atoms with Crippen molar-refractivity contribution in [2.24, 2.45) is 5.92 Å². The molecule has 7 heteroatoms. The Morgan fingerprint density at radius 1 is 1.44 bits per heavy atom. The molecule has 1 aliphatic rings. The third-order valence-electron chi connectivity index (χ3n) is 3.19. The zero-order chi connectivity index (χ0) is 13.3. The van der Waals surface area contributed by atoms with Gasteiger partial charge in [-0.3, -0.25) is 4.79 Å². The number of rotatable bonds is 3. The van der Waals surface area contributed by atoms with Gasteiger partial charge >= 0.3 is 5.97 Å². The van der Waals surface area contributed by atoms with E-state index in [4.69, 9.17) is 5.11 Å². The van der Waals surface area contributed by atoms with Gasteiger partial charge in [-0.05, 0) is 36.8 Å². The molecule has 0 radical (unpaired) electrons. The van der Waals surface area contributed by atoms with E-state index in [0.29, 0.717) is 17.1 Å². The monoisotopic (exact) mass is 289 g/mol. The largest absolute Gasteiger partial charge is 0.481 e. The van der Waals surface area contributed by atoms with Crippen LogP contribution in [-0.4, -0.2) is 36.9 Å². The number of carboxylic acids is 1. The lowest BCUT2D eigenvalue weighted by atomic mass is 9.99. The van der Waals surface area contributed by atoms with E-state index in [0.717, 1.165) is 5.56 Å². The van der Waals surface area contributed by atoms with Crippen molar-refractivity contribution in [3.63, 3.8) is 0 Å². The Morgan fingerprint density at radius 2 is 2.06 bits per heavy atom. The summed E-state index contributed by atoms with van der Waals surface area (Å²) < 4.78 is 26.4. The van der Waals surface area contributed by atoms with Gasteiger partial charge in [0.2, 0.25) is 0 Å². The molecule has 1 aromatic rings. The minimum atomic E-state index is -3.44. The van der Waals surface area contributed by atoms with E-state index in [9.17, 15) is 13.2 Å². The van der Waals surface area contributed by atoms with Crippen LogP contribution in [0.1, 0.15) is 18.4 Å². The highest BCUT2D eigenvalue weighted by atomic mass is 32.2. The topological polar surface area (TPSA) is 74.7 Å². The van der Waals surface area contributed by atoms with Crippen molar-refractivity contribution < 1.29 is 18.3 Å². The van der Waals surface area contributed by atoms with Crippen molar-refractivity contribution in [2.45, 2.75) is 24.0 Å². The van der Waals surface area contributed by atoms with Gasteiger partial charge in [0.1, 0.15) is 4.21 Å². The zero-order valence-corrected chi connectivity index (χ0v) is 11.6. The Morgan fingerprint density at radius 3 is 2.50 bits per heavy atom. The van der Waals surface area contributed by atoms with Gasteiger partial charge in [-0.1, -0.05) is 0 Å². The smallest absolute Gasteiger partial charge is 0.306 e. The van der Waals surface area contributed by atoms with Gasteiger partial charge in [-0.15, -0.1) is 11.3 Å². The minimum Gasteiger partial charge on any atom is -0.481 e. The first kappa shape index (κ1) is 13.5. The fraction of sp³-hybridized carbons (Fsp3) is 0.545. The number of hydrogen-bond acceptors (Lipinski definition) is 4. The number of nitrogens with zero attached hydrogens (tertiary/aromatic N) is 1. The normalized spacial score (nSPS) is 18.9. The molecule has 18 heavy (non-hydrogen) atoms. The highest BCUT2D eigenvalue weighted by Crippen LogP contribution is 2.28. The molecule has 1 saturated heterocycles. The highest BCUT2D eigenvalue weighted by molar-refractivity contribution is 7.91. The van der Waals surface area contributed by atoms with Gasteiger partial charge in [0.05, 0.1) is 5.92 Å². The van der Waals surface area contributed by atoms with Gasteiger partial charge in [-0.25, -0.2) is 8.42 Å². The molecule has 100 valence electrons. The van der Waals surface area contributed by atoms with Crippen LogP contribution < -0.4 is 0 Å². The van der Waals surface area contributed by atoms with E-state index in [2.05, 4.69) is 0 Å². The quantitative estimate of drug-likeness (QED) is 0.916. The Hall–Kier alpha value is -0.920. The summed E-state index contributed by atoms with van der Waals surface area (Å²) in [5.74, 6) is -1.25. The molecule has 0 saturated carbocycles. The summed E-state index contributed by atoms with van der Waals surface area (Å²) in [5.41, 5.74) is 0.750. The van der Waals surface area contributed by atoms with E-state index >= 15 is 0 Å². The van der Waals surface area contributed by atoms with Crippen LogP contribution in [0.5, 0.6) is 0 Å². The molecule has 1 N–H and O–H groups in total. The molecule has 2 rings (SSSR count). The molecular weight excluding hydrogens is 274 g/mol. The van der Waals surface area contributed by atoms with Crippen molar-refractivity contribution in [2.75, 3.05) is 13.1 Å². The van der Waals surface area contributed by atoms with E-state index in [1.807, 2.05) is 0 Å². The molecule has 5 nitrogen and oxygen atoms in total. The summed E-state index contributed by atoms with van der Waals surface area (Å²) in [4.78, 5) is 10.8. The standard InChI is InChI=1S/C11H15NO4S2/c1-8-4-7-17-11(8)18(15,16)12-5-2-9(3-6-12)10(13)14/h4,7,9H,2-3,5-6H2,1H3,(H,13,14). The van der Waals surface area contributed by atoms with Crippen molar-refractivity contribution >= 4 is 27.3 Å². The summed E-state index contributed by atoms with van der Waals surface area (Å²) in [6.45, 7) is 2.35. The number of thiophene rings is 1. The van der Waals surface area contributed by atoms with Gasteiger partial charge in [-0.2, -0.15) is 4.31 Å². The molecule has 1 fully saturated rings. The second-order valence-electron chi connectivity index (χ2n) is 4.41. The van der Waals surface area contributed by atoms with Crippen molar-refractivity contribution in [3.05, 3.63) is 17.0 Å². The zero-order valence-electron chi connectivity index (χ0n) is 10.00. The molecule has 1 aliphatic heterocycles. The molecule has 2 heterocycles. The SMILES string of the molecule is Cc1ccsc1S(=O)(=O)N1CCC(C(=O)O)CC1. The molecule has 0 bridgehead atoms. The van der Waals surface area contributed by atoms with Crippen molar-refractivity contribution in [1.82, 2.24) is 4.31 Å². The Kier molecular flexibility index (Phi) is 3.74. The number of sulfonamides is 1. The van der Waals surface area contributed by atoms with E-state index in [-0.39, 0.29) is 13.1 Å². The maximum Gasteiger partial charge on any atom is 0.306 e. The summed E-state index contributed by atoms with van der Waals surface area (Å²) in [5, 5.41) is 10.6. The first-order valence-electron chi connectivity index (χ1n) is 5.70. The Labute approximate surface area is 110 Å². The van der Waals surface area contributed by atoms with Gasteiger partial charge in [0, 0.05) is 13.1 Å². The van der Waals surface area contributed by atoms with Crippen molar-refractivity contribution in [3.8, 4) is 0 Å². The average molecular weight is 289 g/mol. The summed E-state index contributed by atoms with van der Waals surface area (Å²) in [7, 11) is -3.44. The molecule has 0 aliphatic carbocycles. The predicted octanol–water partition coefficient (Wildman–Crippen LogP) is 1.54. The third-order valence-corrected chi connectivity index (χ3v) is 6.76. The number of piperidine rings is 1. The summed E-state index contributed by atoms with van der Waals surface area (Å²) in [6, 6.07) is 1.78. The van der Waals surface area contributed by atoms with Crippen LogP contribution in [0, 0.1) is 12.8 Å². The number of aliphatic carboxylic acids is 1. The van der Waals surface area contributed by atoms with Gasteiger partial charge in [0.15, 0.2) is 0 Å². The fourth-order valence-electron chi connectivity index (χ4n) is 2.08.